The SMILES string of the molecule is Cc1cc(NC(=O)C(=O)N2C[C@H](C)CC[C@H]2c2cc3cn[nH]c3s2)cnc1N. The zero-order valence-corrected chi connectivity index (χ0v) is 16.5. The van der Waals surface area contributed by atoms with Crippen molar-refractivity contribution in [3.63, 3.8) is 0 Å². The largest absolute Gasteiger partial charge is 0.383 e. The maximum absolute atomic E-state index is 13.0. The standard InChI is InChI=1S/C19H22N6O2S/c1-10-3-4-14(15-6-12-7-22-24-18(12)28-15)25(9-10)19(27)17(26)23-13-5-11(2)16(20)21-8-13/h5-8,10,14H,3-4,9H2,1-2H3,(H2,20,21)(H,22,24)(H,23,26)/t10-,14+/m1/s1. The minimum absolute atomic E-state index is 0.105. The Labute approximate surface area is 166 Å². The number of H-pyrrole nitrogens is 1. The molecule has 0 spiro atoms. The number of pyridine rings is 1. The number of nitrogens with zero attached hydrogens (tertiary/aromatic N) is 3. The second-order valence-electron chi connectivity index (χ2n) is 7.34. The molecule has 0 aromatic carbocycles. The Morgan fingerprint density at radius 3 is 2.89 bits per heavy atom. The molecule has 1 saturated heterocycles. The van der Waals surface area contributed by atoms with E-state index in [1.807, 2.05) is 0 Å². The summed E-state index contributed by atoms with van der Waals surface area (Å²) in [7, 11) is 0. The number of nitrogens with two attached hydrogens (primary N) is 1. The Hall–Kier alpha value is -2.94. The van der Waals surface area contributed by atoms with Gasteiger partial charge in [-0.05, 0) is 43.4 Å². The number of nitrogens with one attached hydrogen (secondary N) is 2. The van der Waals surface area contributed by atoms with Crippen LogP contribution >= 0.6 is 11.3 Å². The fourth-order valence-corrected chi connectivity index (χ4v) is 4.71. The fraction of sp³-hybridized carbons (Fsp3) is 0.368. The predicted octanol–water partition coefficient (Wildman–Crippen LogP) is 2.85. The Morgan fingerprint density at radius 1 is 1.32 bits per heavy atom. The van der Waals surface area contributed by atoms with Crippen molar-refractivity contribution in [3.8, 4) is 0 Å². The van der Waals surface area contributed by atoms with E-state index in [0.717, 1.165) is 33.5 Å². The van der Waals surface area contributed by atoms with Crippen LogP contribution in [0.5, 0.6) is 0 Å². The molecule has 9 heteroatoms. The first kappa shape index (κ1) is 18.4. The van der Waals surface area contributed by atoms with Gasteiger partial charge in [0.25, 0.3) is 0 Å². The van der Waals surface area contributed by atoms with Gasteiger partial charge in [-0.3, -0.25) is 14.7 Å². The Morgan fingerprint density at radius 2 is 2.14 bits per heavy atom. The van der Waals surface area contributed by atoms with Crippen molar-refractivity contribution in [2.45, 2.75) is 32.7 Å². The highest BCUT2D eigenvalue weighted by Gasteiger charge is 2.35. The van der Waals surface area contributed by atoms with Crippen molar-refractivity contribution in [1.29, 1.82) is 0 Å². The lowest BCUT2D eigenvalue weighted by molar-refractivity contribution is -0.146. The molecule has 1 fully saturated rings. The third kappa shape index (κ3) is 3.45. The first-order valence-electron chi connectivity index (χ1n) is 9.19. The molecule has 28 heavy (non-hydrogen) atoms. The van der Waals surface area contributed by atoms with E-state index in [1.165, 1.54) is 6.20 Å². The average Bonchev–Trinajstić information content (AvgIpc) is 3.26. The second kappa shape index (κ2) is 7.23. The number of carbonyl (C=O) groups excluding carboxylic acids is 2. The van der Waals surface area contributed by atoms with Crippen LogP contribution in [0.4, 0.5) is 11.5 Å². The van der Waals surface area contributed by atoms with Crippen LogP contribution < -0.4 is 11.1 Å². The van der Waals surface area contributed by atoms with Crippen LogP contribution in [0.15, 0.2) is 24.5 Å². The molecular formula is C19H22N6O2S. The van der Waals surface area contributed by atoms with Gasteiger partial charge in [-0.1, -0.05) is 6.92 Å². The van der Waals surface area contributed by atoms with Gasteiger partial charge in [0.15, 0.2) is 0 Å². The molecule has 4 heterocycles. The highest BCUT2D eigenvalue weighted by Crippen LogP contribution is 2.38. The fourth-order valence-electron chi connectivity index (χ4n) is 3.57. The summed E-state index contributed by atoms with van der Waals surface area (Å²) in [5.41, 5.74) is 6.92. The Bertz CT molecular complexity index is 1010. The minimum Gasteiger partial charge on any atom is -0.383 e. The van der Waals surface area contributed by atoms with Crippen molar-refractivity contribution in [2.75, 3.05) is 17.6 Å². The molecular weight excluding hydrogens is 376 g/mol. The molecule has 8 nitrogen and oxygen atoms in total. The third-order valence-corrected chi connectivity index (χ3v) is 6.28. The molecule has 2 atom stereocenters. The van der Waals surface area contributed by atoms with Crippen molar-refractivity contribution in [2.24, 2.45) is 5.92 Å². The van der Waals surface area contributed by atoms with Gasteiger partial charge in [0.1, 0.15) is 10.6 Å². The number of likely N-dealkylation sites (tertiary alicyclic amines) is 1. The van der Waals surface area contributed by atoms with Gasteiger partial charge >= 0.3 is 11.8 Å². The molecule has 146 valence electrons. The van der Waals surface area contributed by atoms with E-state index in [0.29, 0.717) is 24.0 Å². The van der Waals surface area contributed by atoms with Crippen LogP contribution in [-0.4, -0.2) is 38.4 Å². The van der Waals surface area contributed by atoms with Crippen LogP contribution in [0, 0.1) is 12.8 Å². The van der Waals surface area contributed by atoms with Gasteiger partial charge in [-0.15, -0.1) is 11.3 Å². The van der Waals surface area contributed by atoms with Gasteiger partial charge in [-0.25, -0.2) is 4.98 Å². The predicted molar refractivity (Wildman–Crippen MR) is 109 cm³/mol. The van der Waals surface area contributed by atoms with E-state index in [1.54, 1.807) is 35.4 Å². The molecule has 2 amide bonds. The lowest BCUT2D eigenvalue weighted by Gasteiger charge is -2.37. The van der Waals surface area contributed by atoms with E-state index in [4.69, 9.17) is 5.73 Å². The average molecular weight is 398 g/mol. The molecule has 4 N–H and O–H groups in total. The van der Waals surface area contributed by atoms with Crippen LogP contribution in [0.3, 0.4) is 0 Å². The number of aryl methyl sites for hydroxylation is 1. The summed E-state index contributed by atoms with van der Waals surface area (Å²) in [6.07, 6.45) is 5.08. The van der Waals surface area contributed by atoms with E-state index in [2.05, 4.69) is 33.5 Å². The summed E-state index contributed by atoms with van der Waals surface area (Å²) < 4.78 is 0. The normalized spacial score (nSPS) is 19.7. The van der Waals surface area contributed by atoms with Gasteiger partial charge in [-0.2, -0.15) is 5.10 Å². The molecule has 0 radical (unpaired) electrons. The van der Waals surface area contributed by atoms with Gasteiger partial charge in [0.05, 0.1) is 24.1 Å². The highest BCUT2D eigenvalue weighted by atomic mass is 32.1. The number of piperidine rings is 1. The lowest BCUT2D eigenvalue weighted by Crippen LogP contribution is -2.46. The summed E-state index contributed by atoms with van der Waals surface area (Å²) in [6, 6.07) is 3.65. The molecule has 0 unspecified atom stereocenters. The van der Waals surface area contributed by atoms with Gasteiger partial charge in [0.2, 0.25) is 0 Å². The summed E-state index contributed by atoms with van der Waals surface area (Å²) >= 11 is 1.58. The number of aromatic amines is 1. The molecule has 0 bridgehead atoms. The van der Waals surface area contributed by atoms with Crippen molar-refractivity contribution in [1.82, 2.24) is 20.1 Å². The van der Waals surface area contributed by atoms with E-state index in [9.17, 15) is 9.59 Å². The van der Waals surface area contributed by atoms with E-state index < -0.39 is 11.8 Å². The monoisotopic (exact) mass is 398 g/mol. The van der Waals surface area contributed by atoms with Crippen LogP contribution in [0.2, 0.25) is 0 Å². The summed E-state index contributed by atoms with van der Waals surface area (Å²) in [5, 5.41) is 10.7. The van der Waals surface area contributed by atoms with Crippen molar-refractivity contribution >= 4 is 44.9 Å². The minimum atomic E-state index is -0.658. The number of anilines is 2. The number of aromatic nitrogens is 3. The van der Waals surface area contributed by atoms with E-state index >= 15 is 0 Å². The van der Waals surface area contributed by atoms with Gasteiger partial charge in [0, 0.05) is 16.8 Å². The number of thiophene rings is 1. The van der Waals surface area contributed by atoms with Crippen LogP contribution in [-0.2, 0) is 9.59 Å². The zero-order chi connectivity index (χ0) is 19.8. The molecule has 3 aromatic rings. The topological polar surface area (TPSA) is 117 Å². The molecule has 0 aliphatic carbocycles. The number of hydrogen-bond acceptors (Lipinski definition) is 6. The van der Waals surface area contributed by atoms with Crippen molar-refractivity contribution in [3.05, 3.63) is 35.0 Å². The summed E-state index contributed by atoms with van der Waals surface area (Å²) in [6.45, 7) is 4.46. The molecule has 1 aliphatic heterocycles. The maximum Gasteiger partial charge on any atom is 0.313 e. The first-order valence-corrected chi connectivity index (χ1v) is 10.0. The van der Waals surface area contributed by atoms with E-state index in [-0.39, 0.29) is 6.04 Å². The first-order chi connectivity index (χ1) is 13.4. The molecule has 4 rings (SSSR count). The Balaban J connectivity index is 1.56. The number of nitrogen functional groups attached to an aromatic ring is 1. The summed E-state index contributed by atoms with van der Waals surface area (Å²) in [4.78, 5) is 33.4. The zero-order valence-electron chi connectivity index (χ0n) is 15.7. The third-order valence-electron chi connectivity index (χ3n) is 5.13. The van der Waals surface area contributed by atoms with Crippen LogP contribution in [0.1, 0.15) is 36.2 Å². The Kier molecular flexibility index (Phi) is 4.76. The number of amides is 2. The molecule has 1 aliphatic rings. The highest BCUT2D eigenvalue weighted by molar-refractivity contribution is 7.18. The smallest absolute Gasteiger partial charge is 0.313 e. The van der Waals surface area contributed by atoms with Crippen LogP contribution in [0.25, 0.3) is 10.2 Å². The lowest BCUT2D eigenvalue weighted by atomic mass is 9.93. The quantitative estimate of drug-likeness (QED) is 0.574. The van der Waals surface area contributed by atoms with Crippen molar-refractivity contribution < 1.29 is 9.59 Å². The number of hydrogen-bond donors (Lipinski definition) is 3. The summed E-state index contributed by atoms with van der Waals surface area (Å²) in [5.74, 6) is -0.438. The number of carbonyl (C=O) groups is 2. The molecule has 0 saturated carbocycles. The number of rotatable bonds is 2. The molecule has 3 aromatic heterocycles. The maximum atomic E-state index is 13.0. The second-order valence-corrected chi connectivity index (χ2v) is 8.42. The van der Waals surface area contributed by atoms with Gasteiger partial charge < -0.3 is 16.0 Å². The number of fused-ring (bicyclic) bond motifs is 1.